The molecule has 0 atom stereocenters. The van der Waals surface area contributed by atoms with Crippen molar-refractivity contribution in [2.24, 2.45) is 0 Å². The van der Waals surface area contributed by atoms with Gasteiger partial charge < -0.3 is 13.7 Å². The number of benzene rings is 10. The van der Waals surface area contributed by atoms with Crippen LogP contribution in [0.15, 0.2) is 249 Å². The number of para-hydroxylation sites is 6. The summed E-state index contributed by atoms with van der Waals surface area (Å²) in [5.74, 6) is 0.879. The predicted molar refractivity (Wildman–Crippen MR) is 283 cm³/mol. The molecule has 14 rings (SSSR count). The van der Waals surface area contributed by atoms with Crippen LogP contribution in [-0.2, 0) is 0 Å². The second-order valence-corrected chi connectivity index (χ2v) is 17.6. The second kappa shape index (κ2) is 15.2. The fourth-order valence-corrected chi connectivity index (χ4v) is 10.8. The molecule has 0 unspecified atom stereocenters. The number of hydrogen-bond acceptors (Lipinski definition) is 1. The molecule has 318 valence electrons. The summed E-state index contributed by atoms with van der Waals surface area (Å²) in [5.41, 5.74) is 16.8. The van der Waals surface area contributed by atoms with Gasteiger partial charge in [0.15, 0.2) is 0 Å². The molecule has 0 saturated carbocycles. The minimum absolute atomic E-state index is 0.879. The molecule has 0 amide bonds. The van der Waals surface area contributed by atoms with Crippen molar-refractivity contribution in [2.75, 3.05) is 0 Å². The zero-order valence-electron chi connectivity index (χ0n) is 36.9. The third kappa shape index (κ3) is 5.86. The van der Waals surface area contributed by atoms with Crippen molar-refractivity contribution in [2.45, 2.75) is 0 Å². The van der Waals surface area contributed by atoms with Gasteiger partial charge in [0.25, 0.3) is 0 Å². The lowest BCUT2D eigenvalue weighted by Crippen LogP contribution is -2.03. The summed E-state index contributed by atoms with van der Waals surface area (Å²) in [6, 6.07) is 87.8. The minimum atomic E-state index is 0.879. The van der Waals surface area contributed by atoms with Crippen LogP contribution in [0.2, 0.25) is 0 Å². The van der Waals surface area contributed by atoms with Crippen LogP contribution in [0.1, 0.15) is 0 Å². The first-order valence-corrected chi connectivity index (χ1v) is 23.2. The number of hydrogen-bond donors (Lipinski definition) is 0. The Kier molecular flexibility index (Phi) is 8.52. The van der Waals surface area contributed by atoms with E-state index in [0.717, 1.165) is 73.0 Å². The van der Waals surface area contributed by atoms with Gasteiger partial charge in [0.2, 0.25) is 0 Å². The van der Waals surface area contributed by atoms with E-state index in [0.29, 0.717) is 0 Å². The average Bonchev–Trinajstić information content (AvgIpc) is 4.18. The SMILES string of the molecule is c1ccc(-c2ncc(-c3cc(-n4c5ccccc5c5ccccc54)cc(-n4c5ccccc5c5ccccc54)c3)n2-c2ccc(-c3ccc4c(c3)c3ccccc3n4-c3ccccc3)cc2)cc1. The molecule has 0 bridgehead atoms. The van der Waals surface area contributed by atoms with Crippen molar-refractivity contribution >= 4 is 65.4 Å². The maximum Gasteiger partial charge on any atom is 0.144 e. The van der Waals surface area contributed by atoms with E-state index in [4.69, 9.17) is 4.98 Å². The van der Waals surface area contributed by atoms with E-state index in [1.807, 2.05) is 6.20 Å². The Morgan fingerprint density at radius 3 is 1.15 bits per heavy atom. The van der Waals surface area contributed by atoms with Gasteiger partial charge >= 0.3 is 0 Å². The molecule has 0 aliphatic carbocycles. The molecule has 0 fully saturated rings. The van der Waals surface area contributed by atoms with Crippen molar-refractivity contribution < 1.29 is 0 Å². The molecule has 5 heteroatoms. The summed E-state index contributed by atoms with van der Waals surface area (Å²) < 4.78 is 9.54. The molecule has 0 N–H and O–H groups in total. The maximum absolute atomic E-state index is 5.24. The van der Waals surface area contributed by atoms with Crippen molar-refractivity contribution in [3.05, 3.63) is 249 Å². The van der Waals surface area contributed by atoms with E-state index >= 15 is 0 Å². The Labute approximate surface area is 392 Å². The molecule has 14 aromatic rings. The average molecular weight is 868 g/mol. The molecule has 4 aromatic heterocycles. The second-order valence-electron chi connectivity index (χ2n) is 17.6. The Balaban J connectivity index is 0.977. The van der Waals surface area contributed by atoms with E-state index in [1.54, 1.807) is 0 Å². The number of imidazole rings is 1. The Morgan fingerprint density at radius 2 is 0.632 bits per heavy atom. The lowest BCUT2D eigenvalue weighted by Gasteiger charge is -2.18. The van der Waals surface area contributed by atoms with Crippen LogP contribution in [0.5, 0.6) is 0 Å². The largest absolute Gasteiger partial charge is 0.309 e. The third-order valence-corrected chi connectivity index (χ3v) is 13.8. The van der Waals surface area contributed by atoms with Crippen LogP contribution in [0.25, 0.3) is 122 Å². The molecule has 0 aliphatic rings. The molecular formula is C63H41N5. The van der Waals surface area contributed by atoms with E-state index in [1.165, 1.54) is 48.9 Å². The minimum Gasteiger partial charge on any atom is -0.309 e. The van der Waals surface area contributed by atoms with Crippen LogP contribution >= 0.6 is 0 Å². The standard InChI is InChI=1S/C63H41N5/c1-3-17-43(18-4-1)63-64-41-62(68(63)47-34-31-42(32-35-47)44-33-36-61-55(39-44)54-25-11-16-30-60(54)65(61)46-19-5-2-6-20-46)45-37-48(66-56-26-12-7-21-50(56)51-22-8-13-27-57(51)66)40-49(38-45)67-58-28-14-9-23-52(58)53-24-10-15-29-59(53)67/h1-41H. The smallest absolute Gasteiger partial charge is 0.144 e. The Bertz CT molecular complexity index is 4000. The van der Waals surface area contributed by atoms with Crippen LogP contribution < -0.4 is 0 Å². The van der Waals surface area contributed by atoms with Gasteiger partial charge in [0.05, 0.1) is 45.0 Å². The molecule has 4 heterocycles. The van der Waals surface area contributed by atoms with E-state index < -0.39 is 0 Å². The number of rotatable bonds is 7. The highest BCUT2D eigenvalue weighted by molar-refractivity contribution is 6.12. The monoisotopic (exact) mass is 867 g/mol. The number of nitrogens with zero attached hydrogens (tertiary/aromatic N) is 5. The van der Waals surface area contributed by atoms with Crippen LogP contribution in [-0.4, -0.2) is 23.3 Å². The van der Waals surface area contributed by atoms with Gasteiger partial charge in [0, 0.05) is 66.2 Å². The van der Waals surface area contributed by atoms with Gasteiger partial charge in [0.1, 0.15) is 5.82 Å². The lowest BCUT2D eigenvalue weighted by atomic mass is 10.0. The van der Waals surface area contributed by atoms with E-state index in [-0.39, 0.29) is 0 Å². The Morgan fingerprint density at radius 1 is 0.235 bits per heavy atom. The molecule has 5 nitrogen and oxygen atoms in total. The highest BCUT2D eigenvalue weighted by Gasteiger charge is 2.21. The summed E-state index contributed by atoms with van der Waals surface area (Å²) >= 11 is 0. The molecule has 0 spiro atoms. The summed E-state index contributed by atoms with van der Waals surface area (Å²) in [6.07, 6.45) is 2.05. The van der Waals surface area contributed by atoms with Crippen molar-refractivity contribution in [3.63, 3.8) is 0 Å². The maximum atomic E-state index is 5.24. The summed E-state index contributed by atoms with van der Waals surface area (Å²) in [5, 5.41) is 7.38. The van der Waals surface area contributed by atoms with Crippen LogP contribution in [0.4, 0.5) is 0 Å². The molecule has 0 saturated heterocycles. The highest BCUT2D eigenvalue weighted by atomic mass is 15.1. The zero-order valence-corrected chi connectivity index (χ0v) is 36.9. The summed E-state index contributed by atoms with van der Waals surface area (Å²) in [4.78, 5) is 5.24. The molecular weight excluding hydrogens is 827 g/mol. The topological polar surface area (TPSA) is 32.6 Å². The fraction of sp³-hybridized carbons (Fsp3) is 0. The van der Waals surface area contributed by atoms with Gasteiger partial charge in [-0.3, -0.25) is 4.57 Å². The molecule has 0 radical (unpaired) electrons. The van der Waals surface area contributed by atoms with Crippen LogP contribution in [0, 0.1) is 0 Å². The highest BCUT2D eigenvalue weighted by Crippen LogP contribution is 2.40. The molecule has 68 heavy (non-hydrogen) atoms. The molecule has 0 aliphatic heterocycles. The van der Waals surface area contributed by atoms with Crippen molar-refractivity contribution in [3.8, 4) is 56.5 Å². The molecule has 10 aromatic carbocycles. The number of aromatic nitrogens is 5. The van der Waals surface area contributed by atoms with Crippen LogP contribution in [0.3, 0.4) is 0 Å². The van der Waals surface area contributed by atoms with Crippen molar-refractivity contribution in [1.82, 2.24) is 23.3 Å². The summed E-state index contributed by atoms with van der Waals surface area (Å²) in [7, 11) is 0. The van der Waals surface area contributed by atoms with E-state index in [9.17, 15) is 0 Å². The van der Waals surface area contributed by atoms with Gasteiger partial charge in [-0.2, -0.15) is 0 Å². The summed E-state index contributed by atoms with van der Waals surface area (Å²) in [6.45, 7) is 0. The van der Waals surface area contributed by atoms with E-state index in [2.05, 4.69) is 261 Å². The third-order valence-electron chi connectivity index (χ3n) is 13.8. The van der Waals surface area contributed by atoms with Crippen molar-refractivity contribution in [1.29, 1.82) is 0 Å². The fourth-order valence-electron chi connectivity index (χ4n) is 10.8. The number of fused-ring (bicyclic) bond motifs is 9. The normalized spacial score (nSPS) is 11.8. The van der Waals surface area contributed by atoms with Gasteiger partial charge in [-0.05, 0) is 96.1 Å². The Hall–Kier alpha value is -9.19. The van der Waals surface area contributed by atoms with Gasteiger partial charge in [-0.25, -0.2) is 4.98 Å². The predicted octanol–water partition coefficient (Wildman–Crippen LogP) is 16.2. The zero-order chi connectivity index (χ0) is 44.7. The first-order chi connectivity index (χ1) is 33.7. The first kappa shape index (κ1) is 38.1. The van der Waals surface area contributed by atoms with Gasteiger partial charge in [-0.15, -0.1) is 0 Å². The lowest BCUT2D eigenvalue weighted by molar-refractivity contribution is 1.07. The van der Waals surface area contributed by atoms with Gasteiger partial charge in [-0.1, -0.05) is 158 Å². The quantitative estimate of drug-likeness (QED) is 0.157. The first-order valence-electron chi connectivity index (χ1n) is 23.2.